The first kappa shape index (κ1) is 21.2. The fourth-order valence-corrected chi connectivity index (χ4v) is 4.71. The van der Waals surface area contributed by atoms with Gasteiger partial charge in [0.1, 0.15) is 5.84 Å². The summed E-state index contributed by atoms with van der Waals surface area (Å²) in [6.45, 7) is 0.890. The molecule has 0 saturated heterocycles. The fraction of sp³-hybridized carbons (Fsp3) is 0.348. The number of carbonyl (C=O) groups excluding carboxylic acids is 1. The van der Waals surface area contributed by atoms with Crippen LogP contribution in [0, 0.1) is 0 Å². The third-order valence-corrected chi connectivity index (χ3v) is 6.44. The van der Waals surface area contributed by atoms with Gasteiger partial charge in [-0.2, -0.15) is 5.10 Å². The predicted molar refractivity (Wildman–Crippen MR) is 126 cm³/mol. The number of hydrazone groups is 1. The van der Waals surface area contributed by atoms with Gasteiger partial charge in [-0.05, 0) is 54.3 Å². The molecule has 0 radical (unpaired) electrons. The van der Waals surface area contributed by atoms with E-state index in [9.17, 15) is 4.79 Å². The highest BCUT2D eigenvalue weighted by atomic mass is 32.2. The molecule has 7 nitrogen and oxygen atoms in total. The van der Waals surface area contributed by atoms with Crippen LogP contribution in [0.2, 0.25) is 0 Å². The van der Waals surface area contributed by atoms with Gasteiger partial charge >= 0.3 is 5.24 Å². The number of methoxy groups -OCH3 is 2. The van der Waals surface area contributed by atoms with E-state index < -0.39 is 0 Å². The molecule has 2 aromatic rings. The van der Waals surface area contributed by atoms with Crippen LogP contribution >= 0.6 is 11.8 Å². The largest absolute Gasteiger partial charge is 0.493 e. The Morgan fingerprint density at radius 3 is 2.65 bits per heavy atom. The molecule has 2 aromatic carbocycles. The van der Waals surface area contributed by atoms with Crippen LogP contribution in [0.1, 0.15) is 23.1 Å². The van der Waals surface area contributed by atoms with Crippen LogP contribution < -0.4 is 14.4 Å². The second-order valence-corrected chi connectivity index (χ2v) is 8.27. The van der Waals surface area contributed by atoms with Crippen molar-refractivity contribution in [3.8, 4) is 11.5 Å². The van der Waals surface area contributed by atoms with Crippen LogP contribution in [0.5, 0.6) is 11.5 Å². The van der Waals surface area contributed by atoms with Gasteiger partial charge in [0.25, 0.3) is 0 Å². The highest BCUT2D eigenvalue weighted by Gasteiger charge is 2.25. The number of rotatable bonds is 4. The number of aryl methyl sites for hydroxylation is 1. The Labute approximate surface area is 186 Å². The highest BCUT2D eigenvalue weighted by molar-refractivity contribution is 8.14. The molecule has 2 aliphatic heterocycles. The summed E-state index contributed by atoms with van der Waals surface area (Å²) in [6.07, 6.45) is 2.03. The average Bonchev–Trinajstić information content (AvgIpc) is 2.81. The number of ether oxygens (including phenoxy) is 2. The van der Waals surface area contributed by atoms with Crippen molar-refractivity contribution in [3.05, 3.63) is 53.1 Å². The van der Waals surface area contributed by atoms with Crippen molar-refractivity contribution < 1.29 is 14.3 Å². The van der Waals surface area contributed by atoms with Crippen LogP contribution in [0.15, 0.2) is 46.5 Å². The normalized spacial score (nSPS) is 16.7. The first-order valence-corrected chi connectivity index (χ1v) is 11.1. The van der Waals surface area contributed by atoms with E-state index in [0.717, 1.165) is 47.7 Å². The smallest absolute Gasteiger partial charge is 0.301 e. The summed E-state index contributed by atoms with van der Waals surface area (Å²) in [5.41, 5.74) is 5.38. The van der Waals surface area contributed by atoms with E-state index in [1.807, 2.05) is 25.2 Å². The number of anilines is 1. The summed E-state index contributed by atoms with van der Waals surface area (Å²) < 4.78 is 10.9. The summed E-state index contributed by atoms with van der Waals surface area (Å²) in [4.78, 5) is 18.6. The molecular formula is C23H26N4O3S. The first-order chi connectivity index (χ1) is 15.0. The van der Waals surface area contributed by atoms with Gasteiger partial charge < -0.3 is 14.4 Å². The molecule has 0 spiro atoms. The van der Waals surface area contributed by atoms with Crippen LogP contribution in [-0.4, -0.2) is 62.4 Å². The number of thioether (sulfide) groups is 1. The van der Waals surface area contributed by atoms with Crippen molar-refractivity contribution in [1.82, 2.24) is 5.01 Å². The zero-order valence-electron chi connectivity index (χ0n) is 18.2. The standard InChI is InChI=1S/C23H26N4O3S/c1-24-22(17-8-10-20(29-3)21(13-17)30-4)27-11-5-6-16-12-15(7-9-19(16)27)18-14-31-23(28)26(2)25-18/h7-10,12-13H,5-6,11,14H2,1-4H3. The van der Waals surface area contributed by atoms with Gasteiger partial charge in [-0.1, -0.05) is 17.8 Å². The second-order valence-electron chi connectivity index (χ2n) is 7.34. The second kappa shape index (κ2) is 9.01. The van der Waals surface area contributed by atoms with Crippen LogP contribution in [-0.2, 0) is 6.42 Å². The van der Waals surface area contributed by atoms with Crippen LogP contribution in [0.25, 0.3) is 0 Å². The van der Waals surface area contributed by atoms with Gasteiger partial charge in [0.2, 0.25) is 0 Å². The molecule has 0 N–H and O–H groups in total. The maximum absolute atomic E-state index is 11.7. The number of aliphatic imine (C=N–C) groups is 1. The molecule has 2 heterocycles. The summed E-state index contributed by atoms with van der Waals surface area (Å²) >= 11 is 1.28. The zero-order chi connectivity index (χ0) is 22.0. The topological polar surface area (TPSA) is 66.7 Å². The summed E-state index contributed by atoms with van der Waals surface area (Å²) in [7, 11) is 6.78. The minimum absolute atomic E-state index is 0.0217. The molecule has 0 fully saturated rings. The Bertz CT molecular complexity index is 1070. The van der Waals surface area contributed by atoms with Gasteiger partial charge in [-0.25, -0.2) is 5.01 Å². The average molecular weight is 439 g/mol. The van der Waals surface area contributed by atoms with Gasteiger partial charge in [0.05, 0.1) is 19.9 Å². The Morgan fingerprint density at radius 1 is 1.13 bits per heavy atom. The number of benzene rings is 2. The number of nitrogens with zero attached hydrogens (tertiary/aromatic N) is 4. The van der Waals surface area contributed by atoms with E-state index in [2.05, 4.69) is 33.2 Å². The van der Waals surface area contributed by atoms with Gasteiger partial charge in [0, 0.05) is 37.6 Å². The monoisotopic (exact) mass is 438 g/mol. The van der Waals surface area contributed by atoms with Crippen molar-refractivity contribution >= 4 is 34.2 Å². The molecule has 2 aliphatic rings. The van der Waals surface area contributed by atoms with E-state index in [4.69, 9.17) is 9.47 Å². The summed E-state index contributed by atoms with van der Waals surface area (Å²) in [5.74, 6) is 2.87. The summed E-state index contributed by atoms with van der Waals surface area (Å²) in [6, 6.07) is 12.3. The lowest BCUT2D eigenvalue weighted by atomic mass is 9.97. The lowest BCUT2D eigenvalue weighted by Gasteiger charge is -2.33. The van der Waals surface area contributed by atoms with Crippen LogP contribution in [0.3, 0.4) is 0 Å². The van der Waals surface area contributed by atoms with E-state index in [1.165, 1.54) is 22.3 Å². The van der Waals surface area contributed by atoms with E-state index >= 15 is 0 Å². The van der Waals surface area contributed by atoms with E-state index in [1.54, 1.807) is 21.3 Å². The molecule has 31 heavy (non-hydrogen) atoms. The van der Waals surface area contributed by atoms with E-state index in [0.29, 0.717) is 17.3 Å². The number of hydrogen-bond donors (Lipinski definition) is 0. The molecule has 0 aliphatic carbocycles. The molecule has 162 valence electrons. The van der Waals surface area contributed by atoms with E-state index in [-0.39, 0.29) is 5.24 Å². The van der Waals surface area contributed by atoms with Gasteiger partial charge in [-0.3, -0.25) is 9.79 Å². The summed E-state index contributed by atoms with van der Waals surface area (Å²) in [5, 5.41) is 5.84. The molecule has 1 amide bonds. The number of amides is 1. The SMILES string of the molecule is CN=C(c1ccc(OC)c(OC)c1)N1CCCc2cc(C3=NN(C)C(=O)SC3)ccc21. The lowest BCUT2D eigenvalue weighted by Crippen LogP contribution is -2.36. The maximum Gasteiger partial charge on any atom is 0.301 e. The molecule has 0 aromatic heterocycles. The van der Waals surface area contributed by atoms with Crippen molar-refractivity contribution in [2.45, 2.75) is 12.8 Å². The quantitative estimate of drug-likeness (QED) is 0.533. The number of fused-ring (bicyclic) bond motifs is 1. The predicted octanol–water partition coefficient (Wildman–Crippen LogP) is 4.04. The Morgan fingerprint density at radius 2 is 1.94 bits per heavy atom. The molecule has 4 rings (SSSR count). The first-order valence-electron chi connectivity index (χ1n) is 10.1. The zero-order valence-corrected chi connectivity index (χ0v) is 19.0. The number of hydrogen-bond acceptors (Lipinski definition) is 6. The van der Waals surface area contributed by atoms with Gasteiger partial charge in [-0.15, -0.1) is 0 Å². The number of amidine groups is 1. The molecule has 0 atom stereocenters. The minimum Gasteiger partial charge on any atom is -0.493 e. The van der Waals surface area contributed by atoms with Crippen molar-refractivity contribution in [3.63, 3.8) is 0 Å². The van der Waals surface area contributed by atoms with Crippen molar-refractivity contribution in [2.75, 3.05) is 45.5 Å². The number of carbonyl (C=O) groups is 1. The Hall–Kier alpha value is -3.00. The molecule has 0 saturated carbocycles. The molecule has 0 unspecified atom stereocenters. The third kappa shape index (κ3) is 4.12. The molecule has 0 bridgehead atoms. The van der Waals surface area contributed by atoms with Crippen molar-refractivity contribution in [1.29, 1.82) is 0 Å². The Kier molecular flexibility index (Phi) is 6.18. The van der Waals surface area contributed by atoms with Crippen LogP contribution in [0.4, 0.5) is 10.5 Å². The fourth-order valence-electron chi connectivity index (χ4n) is 3.99. The third-order valence-electron chi connectivity index (χ3n) is 5.51. The van der Waals surface area contributed by atoms with Gasteiger partial charge in [0.15, 0.2) is 11.5 Å². The molecular weight excluding hydrogens is 412 g/mol. The lowest BCUT2D eigenvalue weighted by molar-refractivity contribution is 0.235. The highest BCUT2D eigenvalue weighted by Crippen LogP contribution is 2.33. The Balaban J connectivity index is 1.68. The minimum atomic E-state index is -0.0217. The maximum atomic E-state index is 11.7. The molecule has 8 heteroatoms. The van der Waals surface area contributed by atoms with Crippen molar-refractivity contribution in [2.24, 2.45) is 10.1 Å².